The molecule has 0 bridgehead atoms. The van der Waals surface area contributed by atoms with E-state index >= 15 is 0 Å². The minimum absolute atomic E-state index is 0.217. The van der Waals surface area contributed by atoms with Gasteiger partial charge in [-0.05, 0) is 42.8 Å². The van der Waals surface area contributed by atoms with Gasteiger partial charge in [-0.1, -0.05) is 23.7 Å². The van der Waals surface area contributed by atoms with E-state index in [0.717, 1.165) is 11.3 Å². The average Bonchev–Trinajstić information content (AvgIpc) is 2.91. The van der Waals surface area contributed by atoms with Crippen molar-refractivity contribution in [1.29, 1.82) is 0 Å². The molecule has 2 aromatic carbocycles. The molecule has 0 aliphatic rings. The number of amides is 1. The summed E-state index contributed by atoms with van der Waals surface area (Å²) in [7, 11) is 1.60. The van der Waals surface area contributed by atoms with Gasteiger partial charge in [-0.25, -0.2) is 4.39 Å². The quantitative estimate of drug-likeness (QED) is 0.692. The molecule has 124 valence electrons. The Balaban J connectivity index is 1.85. The van der Waals surface area contributed by atoms with E-state index in [1.54, 1.807) is 13.2 Å². The lowest BCUT2D eigenvalue weighted by atomic mass is 10.1. The molecule has 1 heterocycles. The highest BCUT2D eigenvalue weighted by Crippen LogP contribution is 2.36. The van der Waals surface area contributed by atoms with E-state index in [-0.39, 0.29) is 17.8 Å². The van der Waals surface area contributed by atoms with Gasteiger partial charge in [0, 0.05) is 10.1 Å². The third kappa shape index (κ3) is 3.23. The predicted octanol–water partition coefficient (Wildman–Crippen LogP) is 5.19. The molecule has 0 saturated heterocycles. The number of hydrogen-bond donors (Lipinski definition) is 1. The Morgan fingerprint density at radius 2 is 2.08 bits per heavy atom. The highest BCUT2D eigenvalue weighted by atomic mass is 35.5. The van der Waals surface area contributed by atoms with Crippen LogP contribution in [0.4, 0.5) is 4.39 Å². The molecule has 3 aromatic rings. The van der Waals surface area contributed by atoms with Gasteiger partial charge in [0.25, 0.3) is 5.91 Å². The second-order valence-corrected chi connectivity index (χ2v) is 6.79. The predicted molar refractivity (Wildman–Crippen MR) is 95.7 cm³/mol. The summed E-state index contributed by atoms with van der Waals surface area (Å²) >= 11 is 7.47. The number of carbonyl (C=O) groups is 1. The zero-order valence-corrected chi connectivity index (χ0v) is 14.7. The van der Waals surface area contributed by atoms with Crippen molar-refractivity contribution in [2.24, 2.45) is 0 Å². The van der Waals surface area contributed by atoms with Crippen molar-refractivity contribution in [3.8, 4) is 5.75 Å². The molecule has 0 saturated carbocycles. The number of benzene rings is 2. The van der Waals surface area contributed by atoms with Crippen LogP contribution in [0.3, 0.4) is 0 Å². The summed E-state index contributed by atoms with van der Waals surface area (Å²) in [5.74, 6) is 0.0954. The van der Waals surface area contributed by atoms with Crippen LogP contribution in [0.2, 0.25) is 5.02 Å². The minimum atomic E-state index is -0.350. The van der Waals surface area contributed by atoms with Crippen molar-refractivity contribution < 1.29 is 13.9 Å². The van der Waals surface area contributed by atoms with E-state index in [1.807, 2.05) is 31.2 Å². The van der Waals surface area contributed by atoms with E-state index < -0.39 is 0 Å². The topological polar surface area (TPSA) is 38.3 Å². The number of hydrogen-bond acceptors (Lipinski definition) is 3. The van der Waals surface area contributed by atoms with Gasteiger partial charge in [-0.2, -0.15) is 0 Å². The third-order valence-corrected chi connectivity index (χ3v) is 5.40. The van der Waals surface area contributed by atoms with Crippen molar-refractivity contribution in [2.45, 2.75) is 13.0 Å². The van der Waals surface area contributed by atoms with Crippen LogP contribution in [0.25, 0.3) is 10.1 Å². The van der Waals surface area contributed by atoms with Gasteiger partial charge in [0.15, 0.2) is 0 Å². The normalized spacial score (nSPS) is 12.2. The fraction of sp³-hybridized carbons (Fsp3) is 0.167. The highest BCUT2D eigenvalue weighted by molar-refractivity contribution is 7.21. The van der Waals surface area contributed by atoms with Crippen molar-refractivity contribution in [3.63, 3.8) is 0 Å². The number of rotatable bonds is 4. The fourth-order valence-corrected chi connectivity index (χ4v) is 3.89. The zero-order chi connectivity index (χ0) is 17.3. The first kappa shape index (κ1) is 16.7. The van der Waals surface area contributed by atoms with Crippen LogP contribution in [0.15, 0.2) is 42.5 Å². The highest BCUT2D eigenvalue weighted by Gasteiger charge is 2.19. The van der Waals surface area contributed by atoms with Gasteiger partial charge >= 0.3 is 0 Å². The molecule has 24 heavy (non-hydrogen) atoms. The Morgan fingerprint density at radius 3 is 2.83 bits per heavy atom. The molecule has 3 nitrogen and oxygen atoms in total. The molecule has 0 unspecified atom stereocenters. The van der Waals surface area contributed by atoms with Crippen LogP contribution in [-0.2, 0) is 0 Å². The molecule has 1 aromatic heterocycles. The molecule has 0 radical (unpaired) electrons. The third-order valence-electron chi connectivity index (χ3n) is 3.74. The Morgan fingerprint density at radius 1 is 1.29 bits per heavy atom. The first-order chi connectivity index (χ1) is 11.5. The van der Waals surface area contributed by atoms with Crippen LogP contribution in [0.1, 0.15) is 28.2 Å². The SMILES string of the molecule is COc1cccc([C@@H](C)NC(=O)c2sc3cc(F)ccc3c2Cl)c1. The van der Waals surface area contributed by atoms with Gasteiger partial charge in [-0.3, -0.25) is 4.79 Å². The first-order valence-corrected chi connectivity index (χ1v) is 8.51. The molecule has 1 amide bonds. The largest absolute Gasteiger partial charge is 0.497 e. The lowest BCUT2D eigenvalue weighted by Gasteiger charge is -2.14. The van der Waals surface area contributed by atoms with Gasteiger partial charge in [0.1, 0.15) is 16.4 Å². The monoisotopic (exact) mass is 363 g/mol. The summed E-state index contributed by atoms with van der Waals surface area (Å²) in [5, 5.41) is 3.95. The molecular weight excluding hydrogens is 349 g/mol. The summed E-state index contributed by atoms with van der Waals surface area (Å²) < 4.78 is 19.2. The summed E-state index contributed by atoms with van der Waals surface area (Å²) in [6, 6.07) is 11.6. The Bertz CT molecular complexity index is 909. The molecule has 0 fully saturated rings. The standard InChI is InChI=1S/C18H15ClFNO2S/c1-10(11-4-3-5-13(8-11)23-2)21-18(22)17-16(19)14-7-6-12(20)9-15(14)24-17/h3-10H,1-2H3,(H,21,22)/t10-/m1/s1. The maximum Gasteiger partial charge on any atom is 0.263 e. The van der Waals surface area contributed by atoms with Crippen LogP contribution in [0, 0.1) is 5.82 Å². The van der Waals surface area contributed by atoms with E-state index in [9.17, 15) is 9.18 Å². The smallest absolute Gasteiger partial charge is 0.263 e. The Hall–Kier alpha value is -2.11. The summed E-state index contributed by atoms with van der Waals surface area (Å²) in [5.41, 5.74) is 0.922. The van der Waals surface area contributed by atoms with Crippen molar-refractivity contribution in [2.75, 3.05) is 7.11 Å². The Kier molecular flexibility index (Phi) is 4.73. The zero-order valence-electron chi connectivity index (χ0n) is 13.1. The van der Waals surface area contributed by atoms with E-state index in [4.69, 9.17) is 16.3 Å². The second kappa shape index (κ2) is 6.79. The lowest BCUT2D eigenvalue weighted by Crippen LogP contribution is -2.26. The number of thiophene rings is 1. The summed E-state index contributed by atoms with van der Waals surface area (Å²) in [6.07, 6.45) is 0. The maximum atomic E-state index is 13.3. The lowest BCUT2D eigenvalue weighted by molar-refractivity contribution is 0.0944. The van der Waals surface area contributed by atoms with Gasteiger partial charge in [0.2, 0.25) is 0 Å². The number of halogens is 2. The Labute approximate surface area is 148 Å². The van der Waals surface area contributed by atoms with Gasteiger partial charge in [-0.15, -0.1) is 11.3 Å². The van der Waals surface area contributed by atoms with Gasteiger partial charge < -0.3 is 10.1 Å². The van der Waals surface area contributed by atoms with Gasteiger partial charge in [0.05, 0.1) is 18.2 Å². The molecule has 6 heteroatoms. The summed E-state index contributed by atoms with van der Waals surface area (Å²) in [4.78, 5) is 12.9. The molecule has 1 N–H and O–H groups in total. The minimum Gasteiger partial charge on any atom is -0.497 e. The fourth-order valence-electron chi connectivity index (χ4n) is 2.44. The molecule has 0 aliphatic heterocycles. The van der Waals surface area contributed by atoms with Crippen molar-refractivity contribution in [3.05, 3.63) is 63.7 Å². The van der Waals surface area contributed by atoms with Crippen LogP contribution in [-0.4, -0.2) is 13.0 Å². The molecule has 0 spiro atoms. The van der Waals surface area contributed by atoms with E-state index in [0.29, 0.717) is 20.0 Å². The van der Waals surface area contributed by atoms with Crippen LogP contribution in [0.5, 0.6) is 5.75 Å². The molecule has 0 aliphatic carbocycles. The average molecular weight is 364 g/mol. The van der Waals surface area contributed by atoms with Crippen LogP contribution >= 0.6 is 22.9 Å². The first-order valence-electron chi connectivity index (χ1n) is 7.32. The maximum absolute atomic E-state index is 13.3. The van der Waals surface area contributed by atoms with Crippen LogP contribution < -0.4 is 10.1 Å². The molecule has 3 rings (SSSR count). The molecule has 1 atom stereocenters. The summed E-state index contributed by atoms with van der Waals surface area (Å²) in [6.45, 7) is 1.88. The number of methoxy groups -OCH3 is 1. The number of carbonyl (C=O) groups excluding carboxylic acids is 1. The van der Waals surface area contributed by atoms with E-state index in [1.165, 1.54) is 23.5 Å². The van der Waals surface area contributed by atoms with E-state index in [2.05, 4.69) is 5.32 Å². The number of nitrogens with one attached hydrogen (secondary N) is 1. The van der Waals surface area contributed by atoms with Crippen molar-refractivity contribution in [1.82, 2.24) is 5.32 Å². The van der Waals surface area contributed by atoms with Crippen molar-refractivity contribution >= 4 is 38.9 Å². The number of ether oxygens (including phenoxy) is 1. The molecular formula is C18H15ClFNO2S. The number of fused-ring (bicyclic) bond motifs is 1. The second-order valence-electron chi connectivity index (χ2n) is 5.36.